The maximum Gasteiger partial charge on any atom is 0.297 e. The average molecular weight is 330 g/mol. The smallest absolute Gasteiger partial charge is 0.258 e. The van der Waals surface area contributed by atoms with E-state index in [9.17, 15) is 10.1 Å². The van der Waals surface area contributed by atoms with Gasteiger partial charge in [-0.05, 0) is 18.2 Å². The molecule has 0 spiro atoms. The van der Waals surface area contributed by atoms with Crippen LogP contribution in [-0.4, -0.2) is 14.9 Å². The highest BCUT2D eigenvalue weighted by Crippen LogP contribution is 2.26. The van der Waals surface area contributed by atoms with Crippen LogP contribution in [0.1, 0.15) is 0 Å². The lowest BCUT2D eigenvalue weighted by atomic mass is 10.1. The van der Waals surface area contributed by atoms with Crippen molar-refractivity contribution in [1.29, 1.82) is 0 Å². The molecule has 0 aliphatic carbocycles. The fourth-order valence-corrected chi connectivity index (χ4v) is 2.36. The summed E-state index contributed by atoms with van der Waals surface area (Å²) in [6.07, 6.45) is 1.55. The van der Waals surface area contributed by atoms with Crippen LogP contribution >= 0.6 is 15.9 Å². The average Bonchev–Trinajstić information content (AvgIpc) is 2.46. The van der Waals surface area contributed by atoms with Gasteiger partial charge in [0, 0.05) is 16.1 Å². The van der Waals surface area contributed by atoms with Gasteiger partial charge in [-0.15, -0.1) is 0 Å². The van der Waals surface area contributed by atoms with Crippen LogP contribution in [0.4, 0.5) is 5.69 Å². The van der Waals surface area contributed by atoms with Crippen LogP contribution in [0.15, 0.2) is 53.1 Å². The molecule has 0 aliphatic heterocycles. The van der Waals surface area contributed by atoms with E-state index in [0.29, 0.717) is 16.7 Å². The number of nitrogens with zero attached hydrogens (tertiary/aromatic N) is 3. The number of benzene rings is 2. The molecule has 1 heterocycles. The Hall–Kier alpha value is -2.34. The van der Waals surface area contributed by atoms with Gasteiger partial charge >= 0.3 is 0 Å². The third kappa shape index (κ3) is 2.25. The van der Waals surface area contributed by atoms with Crippen molar-refractivity contribution >= 4 is 32.7 Å². The van der Waals surface area contributed by atoms with E-state index in [1.54, 1.807) is 18.3 Å². The first-order chi connectivity index (χ1) is 9.65. The second-order valence-electron chi connectivity index (χ2n) is 4.17. The number of rotatable bonds is 2. The van der Waals surface area contributed by atoms with Crippen molar-refractivity contribution in [3.05, 3.63) is 63.2 Å². The summed E-state index contributed by atoms with van der Waals surface area (Å²) in [5.74, 6) is 0. The van der Waals surface area contributed by atoms with Gasteiger partial charge in [0.2, 0.25) is 0 Å². The number of nitro benzene ring substituents is 1. The van der Waals surface area contributed by atoms with Crippen molar-refractivity contribution in [2.24, 2.45) is 0 Å². The summed E-state index contributed by atoms with van der Waals surface area (Å²) >= 11 is 3.40. The second kappa shape index (κ2) is 4.97. The first kappa shape index (κ1) is 12.7. The van der Waals surface area contributed by atoms with Crippen molar-refractivity contribution in [2.75, 3.05) is 0 Å². The van der Waals surface area contributed by atoms with Crippen molar-refractivity contribution < 1.29 is 4.92 Å². The second-order valence-corrected chi connectivity index (χ2v) is 5.08. The highest BCUT2D eigenvalue weighted by Gasteiger charge is 2.14. The molecule has 3 rings (SSSR count). The predicted molar refractivity (Wildman–Crippen MR) is 79.3 cm³/mol. The SMILES string of the molecule is O=[N+]([O-])c1cccc2nc(-c3cccc(Br)c3)cnc12. The summed E-state index contributed by atoms with van der Waals surface area (Å²) in [6, 6.07) is 12.4. The van der Waals surface area contributed by atoms with Crippen LogP contribution in [0.2, 0.25) is 0 Å². The molecule has 0 aliphatic rings. The van der Waals surface area contributed by atoms with Crippen LogP contribution in [0.5, 0.6) is 0 Å². The number of nitro groups is 1. The van der Waals surface area contributed by atoms with Crippen molar-refractivity contribution in [3.63, 3.8) is 0 Å². The normalized spacial score (nSPS) is 10.7. The molecule has 2 aromatic carbocycles. The molecule has 0 unspecified atom stereocenters. The summed E-state index contributed by atoms with van der Waals surface area (Å²) < 4.78 is 0.941. The van der Waals surface area contributed by atoms with E-state index in [0.717, 1.165) is 10.0 Å². The largest absolute Gasteiger partial charge is 0.297 e. The molecule has 0 radical (unpaired) electrons. The van der Waals surface area contributed by atoms with E-state index in [4.69, 9.17) is 0 Å². The summed E-state index contributed by atoms with van der Waals surface area (Å²) in [5.41, 5.74) is 2.36. The highest BCUT2D eigenvalue weighted by atomic mass is 79.9. The van der Waals surface area contributed by atoms with E-state index in [-0.39, 0.29) is 5.69 Å². The molecule has 1 aromatic heterocycles. The summed E-state index contributed by atoms with van der Waals surface area (Å²) in [6.45, 7) is 0. The quantitative estimate of drug-likeness (QED) is 0.527. The Kier molecular flexibility index (Phi) is 3.15. The van der Waals surface area contributed by atoms with E-state index >= 15 is 0 Å². The first-order valence-electron chi connectivity index (χ1n) is 5.81. The number of non-ortho nitro benzene ring substituents is 1. The van der Waals surface area contributed by atoms with Gasteiger partial charge in [0.15, 0.2) is 5.52 Å². The van der Waals surface area contributed by atoms with Crippen LogP contribution in [-0.2, 0) is 0 Å². The van der Waals surface area contributed by atoms with E-state index in [2.05, 4.69) is 25.9 Å². The molecule has 0 bridgehead atoms. The fourth-order valence-electron chi connectivity index (χ4n) is 1.96. The molecule has 6 heteroatoms. The number of para-hydroxylation sites is 1. The molecule has 0 saturated heterocycles. The molecule has 20 heavy (non-hydrogen) atoms. The van der Waals surface area contributed by atoms with Gasteiger partial charge in [-0.25, -0.2) is 9.97 Å². The maximum atomic E-state index is 10.9. The van der Waals surface area contributed by atoms with Crippen molar-refractivity contribution in [2.45, 2.75) is 0 Å². The third-order valence-electron chi connectivity index (χ3n) is 2.87. The lowest BCUT2D eigenvalue weighted by Gasteiger charge is -2.03. The Morgan fingerprint density at radius 1 is 1.15 bits per heavy atom. The summed E-state index contributed by atoms with van der Waals surface area (Å²) in [7, 11) is 0. The van der Waals surface area contributed by atoms with Crippen molar-refractivity contribution in [3.8, 4) is 11.3 Å². The molecule has 0 fully saturated rings. The Balaban J connectivity index is 2.19. The summed E-state index contributed by atoms with van der Waals surface area (Å²) in [4.78, 5) is 19.1. The monoisotopic (exact) mass is 329 g/mol. The Bertz CT molecular complexity index is 820. The molecular formula is C14H8BrN3O2. The number of fused-ring (bicyclic) bond motifs is 1. The lowest BCUT2D eigenvalue weighted by Crippen LogP contribution is -1.94. The van der Waals surface area contributed by atoms with Gasteiger partial charge in [0.05, 0.1) is 22.3 Å². The number of hydrogen-bond acceptors (Lipinski definition) is 4. The lowest BCUT2D eigenvalue weighted by molar-refractivity contribution is -0.383. The molecule has 5 nitrogen and oxygen atoms in total. The highest BCUT2D eigenvalue weighted by molar-refractivity contribution is 9.10. The van der Waals surface area contributed by atoms with Gasteiger partial charge in [-0.3, -0.25) is 10.1 Å². The van der Waals surface area contributed by atoms with Gasteiger partial charge in [-0.2, -0.15) is 0 Å². The molecule has 0 N–H and O–H groups in total. The molecule has 0 amide bonds. The minimum Gasteiger partial charge on any atom is -0.258 e. The number of halogens is 1. The minimum atomic E-state index is -0.449. The molecule has 98 valence electrons. The maximum absolute atomic E-state index is 10.9. The summed E-state index contributed by atoms with van der Waals surface area (Å²) in [5, 5.41) is 10.9. The number of hydrogen-bond donors (Lipinski definition) is 0. The zero-order valence-electron chi connectivity index (χ0n) is 10.2. The van der Waals surface area contributed by atoms with E-state index < -0.39 is 4.92 Å². The molecular weight excluding hydrogens is 322 g/mol. The number of aromatic nitrogens is 2. The minimum absolute atomic E-state index is 0.0317. The Morgan fingerprint density at radius 3 is 2.70 bits per heavy atom. The van der Waals surface area contributed by atoms with E-state index in [1.165, 1.54) is 6.07 Å². The zero-order valence-corrected chi connectivity index (χ0v) is 11.7. The van der Waals surface area contributed by atoms with Gasteiger partial charge in [0.25, 0.3) is 5.69 Å². The van der Waals surface area contributed by atoms with Crippen LogP contribution in [0, 0.1) is 10.1 Å². The fraction of sp³-hybridized carbons (Fsp3) is 0. The van der Waals surface area contributed by atoms with Gasteiger partial charge in [0.1, 0.15) is 0 Å². The molecule has 0 saturated carbocycles. The van der Waals surface area contributed by atoms with Crippen molar-refractivity contribution in [1.82, 2.24) is 9.97 Å². The predicted octanol–water partition coefficient (Wildman–Crippen LogP) is 3.97. The topological polar surface area (TPSA) is 68.9 Å². The van der Waals surface area contributed by atoms with Gasteiger partial charge < -0.3 is 0 Å². The Labute approximate surface area is 122 Å². The van der Waals surface area contributed by atoms with E-state index in [1.807, 2.05) is 24.3 Å². The standard InChI is InChI=1S/C14H8BrN3O2/c15-10-4-1-3-9(7-10)12-8-16-14-11(17-12)5-2-6-13(14)18(19)20/h1-8H. The third-order valence-corrected chi connectivity index (χ3v) is 3.36. The molecule has 3 aromatic rings. The van der Waals surface area contributed by atoms with Crippen LogP contribution in [0.3, 0.4) is 0 Å². The molecule has 0 atom stereocenters. The Morgan fingerprint density at radius 2 is 1.95 bits per heavy atom. The van der Waals surface area contributed by atoms with Crippen LogP contribution < -0.4 is 0 Å². The zero-order chi connectivity index (χ0) is 14.1. The van der Waals surface area contributed by atoms with Crippen LogP contribution in [0.25, 0.3) is 22.3 Å². The first-order valence-corrected chi connectivity index (χ1v) is 6.60. The van der Waals surface area contributed by atoms with Gasteiger partial charge in [-0.1, -0.05) is 34.1 Å².